The van der Waals surface area contributed by atoms with Crippen molar-refractivity contribution in [1.29, 1.82) is 0 Å². The average molecular weight is 361 g/mol. The van der Waals surface area contributed by atoms with Crippen molar-refractivity contribution in [2.24, 2.45) is 0 Å². The van der Waals surface area contributed by atoms with E-state index in [0.717, 1.165) is 22.8 Å². The van der Waals surface area contributed by atoms with Gasteiger partial charge in [-0.25, -0.2) is 0 Å². The van der Waals surface area contributed by atoms with Crippen LogP contribution in [0, 0.1) is 13.8 Å². The number of hydrogen-bond donors (Lipinski definition) is 0. The maximum atomic E-state index is 6.03. The Morgan fingerprint density at radius 2 is 1.79 bits per heavy atom. The Bertz CT molecular complexity index is 886. The predicted octanol–water partition coefficient (Wildman–Crippen LogP) is 6.36. The first-order valence-corrected chi connectivity index (χ1v) is 8.20. The predicted molar refractivity (Wildman–Crippen MR) is 106 cm³/mol. The average Bonchev–Trinajstić information content (AvgIpc) is 2.78. The number of nitrogens with zero attached hydrogens (tertiary/aromatic N) is 2. The number of aryl methyl sites for hydroxylation is 1. The molecule has 0 radical (unpaired) electrons. The highest BCUT2D eigenvalue weighted by atomic mass is 35.5. The number of aromatic nitrogens is 2. The lowest BCUT2D eigenvalue weighted by Gasteiger charge is -2.10. The summed E-state index contributed by atoms with van der Waals surface area (Å²) in [4.78, 5) is 4.66. The lowest BCUT2D eigenvalue weighted by molar-refractivity contribution is 0.816. The Balaban J connectivity index is 0.00000208. The van der Waals surface area contributed by atoms with Crippen molar-refractivity contribution < 1.29 is 0 Å². The third-order valence-corrected chi connectivity index (χ3v) is 4.60. The summed E-state index contributed by atoms with van der Waals surface area (Å²) in [5.74, 6) is 0. The van der Waals surface area contributed by atoms with Crippen molar-refractivity contribution >= 4 is 34.9 Å². The van der Waals surface area contributed by atoms with E-state index in [9.17, 15) is 0 Å². The van der Waals surface area contributed by atoms with Crippen molar-refractivity contribution in [2.75, 3.05) is 0 Å². The highest BCUT2D eigenvalue weighted by Crippen LogP contribution is 2.32. The molecule has 0 atom stereocenters. The van der Waals surface area contributed by atoms with E-state index < -0.39 is 0 Å². The zero-order valence-electron chi connectivity index (χ0n) is 14.4. The monoisotopic (exact) mass is 360 g/mol. The van der Waals surface area contributed by atoms with E-state index in [2.05, 4.69) is 49.4 Å². The molecule has 0 aliphatic carbocycles. The number of rotatable bonds is 3. The number of benzene rings is 1. The largest absolute Gasteiger partial charge is 0.339 e. The number of allylic oxidation sites excluding steroid dienone is 2. The van der Waals surface area contributed by atoms with Gasteiger partial charge in [0.05, 0.1) is 11.2 Å². The van der Waals surface area contributed by atoms with Crippen LogP contribution in [-0.4, -0.2) is 9.55 Å². The second-order valence-electron chi connectivity index (χ2n) is 6.17. The van der Waals surface area contributed by atoms with Gasteiger partial charge in [-0.15, -0.1) is 12.4 Å². The summed E-state index contributed by atoms with van der Waals surface area (Å²) >= 11 is 6.03. The fraction of sp³-hybridized carbons (Fsp3) is 0.250. The molecule has 0 saturated heterocycles. The van der Waals surface area contributed by atoms with E-state index in [1.807, 2.05) is 30.5 Å². The summed E-state index contributed by atoms with van der Waals surface area (Å²) in [6, 6.07) is 10.0. The van der Waals surface area contributed by atoms with Crippen LogP contribution in [0.5, 0.6) is 0 Å². The molecule has 0 fully saturated rings. The molecular weight excluding hydrogens is 339 g/mol. The molecule has 0 saturated carbocycles. The minimum Gasteiger partial charge on any atom is -0.339 e. The molecule has 0 amide bonds. The van der Waals surface area contributed by atoms with Crippen LogP contribution in [0.4, 0.5) is 0 Å². The zero-order chi connectivity index (χ0) is 16.6. The molecule has 1 aromatic carbocycles. The van der Waals surface area contributed by atoms with Crippen molar-refractivity contribution in [3.05, 3.63) is 64.5 Å². The van der Waals surface area contributed by atoms with Gasteiger partial charge in [0.25, 0.3) is 0 Å². The normalized spacial score (nSPS) is 10.5. The van der Waals surface area contributed by atoms with E-state index in [-0.39, 0.29) is 12.4 Å². The van der Waals surface area contributed by atoms with E-state index in [1.165, 1.54) is 27.7 Å². The molecule has 3 aromatic rings. The van der Waals surface area contributed by atoms with Crippen LogP contribution in [-0.2, 0) is 6.54 Å². The molecule has 2 aromatic heterocycles. The smallest absolute Gasteiger partial charge is 0.0945 e. The second kappa shape index (κ2) is 7.42. The first kappa shape index (κ1) is 18.6. The Morgan fingerprint density at radius 3 is 2.42 bits per heavy atom. The van der Waals surface area contributed by atoms with Crippen molar-refractivity contribution in [1.82, 2.24) is 9.55 Å². The van der Waals surface area contributed by atoms with Gasteiger partial charge in [0.15, 0.2) is 0 Å². The fourth-order valence-corrected chi connectivity index (χ4v) is 3.04. The van der Waals surface area contributed by atoms with E-state index in [1.54, 1.807) is 0 Å². The molecule has 4 heteroatoms. The van der Waals surface area contributed by atoms with Gasteiger partial charge in [0.1, 0.15) is 0 Å². The topological polar surface area (TPSA) is 17.8 Å². The van der Waals surface area contributed by atoms with Gasteiger partial charge < -0.3 is 4.57 Å². The second-order valence-corrected chi connectivity index (χ2v) is 6.60. The summed E-state index contributed by atoms with van der Waals surface area (Å²) in [6.45, 7) is 9.49. The van der Waals surface area contributed by atoms with Crippen LogP contribution >= 0.6 is 24.0 Å². The Kier molecular flexibility index (Phi) is 5.74. The van der Waals surface area contributed by atoms with Gasteiger partial charge in [-0.2, -0.15) is 0 Å². The van der Waals surface area contributed by atoms with Crippen molar-refractivity contribution in [3.8, 4) is 11.3 Å². The highest BCUT2D eigenvalue weighted by Gasteiger charge is 2.15. The molecule has 0 aliphatic heterocycles. The van der Waals surface area contributed by atoms with E-state index in [0.29, 0.717) is 0 Å². The molecule has 0 unspecified atom stereocenters. The maximum Gasteiger partial charge on any atom is 0.0945 e. The molecule has 0 bridgehead atoms. The molecular formula is C20H22Cl2N2. The first-order valence-electron chi connectivity index (χ1n) is 7.82. The number of fused-ring (bicyclic) bond motifs is 1. The maximum absolute atomic E-state index is 6.03. The molecule has 3 rings (SSSR count). The standard InChI is InChI=1S/C20H21ClN2.ClH/c1-13(2)10-12-23-15(4)14(3)18-9-11-22-19(20(18)23)16-5-7-17(21)8-6-16;/h5-11H,12H2,1-4H3;1H. The summed E-state index contributed by atoms with van der Waals surface area (Å²) < 4.78 is 2.36. The molecule has 0 N–H and O–H groups in total. The quantitative estimate of drug-likeness (QED) is 0.496. The van der Waals surface area contributed by atoms with Gasteiger partial charge >= 0.3 is 0 Å². The van der Waals surface area contributed by atoms with Gasteiger partial charge in [0.2, 0.25) is 0 Å². The van der Waals surface area contributed by atoms with Gasteiger partial charge in [-0.3, -0.25) is 4.98 Å². The van der Waals surface area contributed by atoms with Crippen LogP contribution in [0.15, 0.2) is 48.2 Å². The third-order valence-electron chi connectivity index (χ3n) is 4.35. The van der Waals surface area contributed by atoms with Crippen LogP contribution < -0.4 is 0 Å². The summed E-state index contributed by atoms with van der Waals surface area (Å²) in [5, 5.41) is 2.01. The zero-order valence-corrected chi connectivity index (χ0v) is 16.0. The molecule has 2 nitrogen and oxygen atoms in total. The molecule has 0 aliphatic rings. The highest BCUT2D eigenvalue weighted by molar-refractivity contribution is 6.30. The SMILES string of the molecule is CC(C)=CCn1c(C)c(C)c2ccnc(-c3ccc(Cl)cc3)c21.Cl. The van der Waals surface area contributed by atoms with Crippen LogP contribution in [0.1, 0.15) is 25.1 Å². The fourth-order valence-electron chi connectivity index (χ4n) is 2.92. The summed E-state index contributed by atoms with van der Waals surface area (Å²) in [7, 11) is 0. The van der Waals surface area contributed by atoms with Crippen LogP contribution in [0.25, 0.3) is 22.2 Å². The minimum atomic E-state index is 0. The van der Waals surface area contributed by atoms with Gasteiger partial charge in [-0.05, 0) is 51.5 Å². The van der Waals surface area contributed by atoms with Gasteiger partial charge in [0, 0.05) is 34.4 Å². The Labute approximate surface area is 154 Å². The van der Waals surface area contributed by atoms with Gasteiger partial charge in [-0.1, -0.05) is 35.4 Å². The number of pyridine rings is 1. The first-order chi connectivity index (χ1) is 11.0. The van der Waals surface area contributed by atoms with Crippen molar-refractivity contribution in [2.45, 2.75) is 34.2 Å². The summed E-state index contributed by atoms with van der Waals surface area (Å²) in [5.41, 5.74) is 7.23. The third kappa shape index (κ3) is 3.35. The lowest BCUT2D eigenvalue weighted by Crippen LogP contribution is -2.00. The van der Waals surface area contributed by atoms with Crippen LogP contribution in [0.3, 0.4) is 0 Å². The Hall–Kier alpha value is -1.77. The summed E-state index contributed by atoms with van der Waals surface area (Å²) in [6.07, 6.45) is 4.15. The lowest BCUT2D eigenvalue weighted by atomic mass is 10.1. The Morgan fingerprint density at radius 1 is 1.12 bits per heavy atom. The van der Waals surface area contributed by atoms with Crippen LogP contribution in [0.2, 0.25) is 5.02 Å². The number of halogens is 2. The van der Waals surface area contributed by atoms with E-state index in [4.69, 9.17) is 11.6 Å². The molecule has 0 spiro atoms. The molecule has 126 valence electrons. The van der Waals surface area contributed by atoms with Crippen molar-refractivity contribution in [3.63, 3.8) is 0 Å². The molecule has 2 heterocycles. The minimum absolute atomic E-state index is 0. The van der Waals surface area contributed by atoms with E-state index >= 15 is 0 Å². The number of hydrogen-bond acceptors (Lipinski definition) is 1. The molecule has 24 heavy (non-hydrogen) atoms.